The zero-order valence-corrected chi connectivity index (χ0v) is 14.4. The molecule has 7 heteroatoms. The molecule has 1 aromatic rings. The summed E-state index contributed by atoms with van der Waals surface area (Å²) in [5.41, 5.74) is 5.12. The fraction of sp³-hybridized carbons (Fsp3) is 0.538. The Morgan fingerprint density at radius 2 is 2.25 bits per heavy atom. The lowest BCUT2D eigenvalue weighted by Gasteiger charge is -2.37. The molecule has 1 aromatic heterocycles. The van der Waals surface area contributed by atoms with Crippen LogP contribution in [0.2, 0.25) is 0 Å². The van der Waals surface area contributed by atoms with Crippen LogP contribution in [0.25, 0.3) is 0 Å². The molecule has 2 rings (SSSR count). The number of hydrogen-bond donors (Lipinski definition) is 1. The third-order valence-corrected chi connectivity index (χ3v) is 5.66. The second-order valence-electron chi connectivity index (χ2n) is 4.95. The molecule has 2 heterocycles. The first-order valence-corrected chi connectivity index (χ1v) is 8.40. The number of thiocarbonyl (C=S) groups is 1. The van der Waals surface area contributed by atoms with Gasteiger partial charge < -0.3 is 15.4 Å². The van der Waals surface area contributed by atoms with Gasteiger partial charge in [-0.3, -0.25) is 4.79 Å². The summed E-state index contributed by atoms with van der Waals surface area (Å²) in [6.07, 6.45) is 1.14. The van der Waals surface area contributed by atoms with Crippen molar-refractivity contribution in [3.63, 3.8) is 0 Å². The monoisotopic (exact) mass is 376 g/mol. The van der Waals surface area contributed by atoms with Crippen molar-refractivity contribution in [3.05, 3.63) is 20.8 Å². The predicted octanol–water partition coefficient (Wildman–Crippen LogP) is 2.55. The summed E-state index contributed by atoms with van der Waals surface area (Å²) >= 11 is 10.2. The standard InChI is InChI=1S/C13H17BrN2O2S2/c1-16(7-10-6-9(14)8-20-10)12(17)13(11(15)19)2-4-18-5-3-13/h6,8H,2-5,7H2,1H3,(H2,15,19). The number of halogens is 1. The Morgan fingerprint density at radius 1 is 1.60 bits per heavy atom. The van der Waals surface area contributed by atoms with E-state index in [9.17, 15) is 4.79 Å². The van der Waals surface area contributed by atoms with E-state index in [1.54, 1.807) is 23.3 Å². The van der Waals surface area contributed by atoms with Gasteiger partial charge in [0.15, 0.2) is 0 Å². The molecule has 0 bridgehead atoms. The van der Waals surface area contributed by atoms with Crippen LogP contribution in [0.15, 0.2) is 15.9 Å². The van der Waals surface area contributed by atoms with E-state index in [2.05, 4.69) is 15.9 Å². The Bertz CT molecular complexity index is 512. The van der Waals surface area contributed by atoms with Crippen LogP contribution in [0.4, 0.5) is 0 Å². The lowest BCUT2D eigenvalue weighted by Crippen LogP contribution is -2.52. The third kappa shape index (κ3) is 3.21. The highest BCUT2D eigenvalue weighted by molar-refractivity contribution is 9.10. The van der Waals surface area contributed by atoms with Gasteiger partial charge >= 0.3 is 0 Å². The van der Waals surface area contributed by atoms with E-state index in [1.165, 1.54) is 0 Å². The van der Waals surface area contributed by atoms with Gasteiger partial charge in [0.1, 0.15) is 5.41 Å². The van der Waals surface area contributed by atoms with Crippen molar-refractivity contribution in [3.8, 4) is 0 Å². The number of carbonyl (C=O) groups excluding carboxylic acids is 1. The summed E-state index contributed by atoms with van der Waals surface area (Å²) in [6.45, 7) is 1.63. The van der Waals surface area contributed by atoms with E-state index in [-0.39, 0.29) is 10.9 Å². The van der Waals surface area contributed by atoms with Gasteiger partial charge in [-0.2, -0.15) is 0 Å². The van der Waals surface area contributed by atoms with Crippen LogP contribution in [0.1, 0.15) is 17.7 Å². The number of amides is 1. The molecule has 0 saturated carbocycles. The Labute approximate surface area is 136 Å². The summed E-state index contributed by atoms with van der Waals surface area (Å²) in [5.74, 6) is -0.00202. The average molecular weight is 377 g/mol. The fourth-order valence-electron chi connectivity index (χ4n) is 2.39. The van der Waals surface area contributed by atoms with E-state index < -0.39 is 5.41 Å². The maximum absolute atomic E-state index is 12.8. The average Bonchev–Trinajstić information content (AvgIpc) is 2.83. The first-order chi connectivity index (χ1) is 9.45. The molecule has 0 spiro atoms. The second kappa shape index (κ2) is 6.51. The first-order valence-electron chi connectivity index (χ1n) is 6.32. The lowest BCUT2D eigenvalue weighted by molar-refractivity contribution is -0.141. The van der Waals surface area contributed by atoms with Crippen molar-refractivity contribution in [2.45, 2.75) is 19.4 Å². The van der Waals surface area contributed by atoms with Crippen LogP contribution >= 0.6 is 39.5 Å². The Hall–Kier alpha value is -0.500. The highest BCUT2D eigenvalue weighted by Gasteiger charge is 2.44. The molecular formula is C13H17BrN2O2S2. The van der Waals surface area contributed by atoms with Crippen molar-refractivity contribution < 1.29 is 9.53 Å². The molecule has 1 fully saturated rings. The van der Waals surface area contributed by atoms with E-state index in [0.29, 0.717) is 32.6 Å². The van der Waals surface area contributed by atoms with Gasteiger partial charge in [-0.15, -0.1) is 11.3 Å². The number of rotatable bonds is 4. The Morgan fingerprint density at radius 3 is 2.75 bits per heavy atom. The molecule has 110 valence electrons. The second-order valence-corrected chi connectivity index (χ2v) is 7.30. The number of carbonyl (C=O) groups is 1. The molecule has 0 radical (unpaired) electrons. The van der Waals surface area contributed by atoms with Gasteiger partial charge in [0.05, 0.1) is 11.5 Å². The third-order valence-electron chi connectivity index (χ3n) is 3.59. The van der Waals surface area contributed by atoms with Crippen LogP contribution < -0.4 is 5.73 Å². The summed E-state index contributed by atoms with van der Waals surface area (Å²) in [5, 5.41) is 2.01. The van der Waals surface area contributed by atoms with E-state index in [0.717, 1.165) is 9.35 Å². The molecule has 0 aliphatic carbocycles. The molecule has 0 atom stereocenters. The van der Waals surface area contributed by atoms with E-state index in [4.69, 9.17) is 22.7 Å². The molecular weight excluding hydrogens is 360 g/mol. The molecule has 1 aliphatic rings. The molecule has 20 heavy (non-hydrogen) atoms. The summed E-state index contributed by atoms with van der Waals surface area (Å²) in [6, 6.07) is 2.02. The number of hydrogen-bond acceptors (Lipinski definition) is 4. The van der Waals surface area contributed by atoms with Gasteiger partial charge in [0.25, 0.3) is 0 Å². The number of nitrogens with zero attached hydrogens (tertiary/aromatic N) is 1. The molecule has 0 unspecified atom stereocenters. The Kier molecular flexibility index (Phi) is 5.17. The quantitative estimate of drug-likeness (QED) is 0.820. The molecule has 1 saturated heterocycles. The summed E-state index contributed by atoms with van der Waals surface area (Å²) in [7, 11) is 1.80. The molecule has 0 aromatic carbocycles. The minimum Gasteiger partial charge on any atom is -0.392 e. The van der Waals surface area contributed by atoms with Gasteiger partial charge in [0, 0.05) is 35.0 Å². The number of ether oxygens (including phenoxy) is 1. The topological polar surface area (TPSA) is 55.6 Å². The predicted molar refractivity (Wildman–Crippen MR) is 87.8 cm³/mol. The van der Waals surface area contributed by atoms with Crippen LogP contribution in [0.5, 0.6) is 0 Å². The minimum absolute atomic E-state index is 0.00202. The van der Waals surface area contributed by atoms with Crippen LogP contribution in [0.3, 0.4) is 0 Å². The van der Waals surface area contributed by atoms with Crippen molar-refractivity contribution in [1.82, 2.24) is 4.90 Å². The molecule has 1 amide bonds. The highest BCUT2D eigenvalue weighted by Crippen LogP contribution is 2.33. The van der Waals surface area contributed by atoms with Gasteiger partial charge in [-0.1, -0.05) is 12.2 Å². The van der Waals surface area contributed by atoms with Gasteiger partial charge in [0.2, 0.25) is 5.91 Å². The molecule has 1 aliphatic heterocycles. The molecule has 4 nitrogen and oxygen atoms in total. The number of thiophene rings is 1. The van der Waals surface area contributed by atoms with Crippen molar-refractivity contribution in [1.29, 1.82) is 0 Å². The van der Waals surface area contributed by atoms with Crippen molar-refractivity contribution >= 4 is 50.4 Å². The largest absolute Gasteiger partial charge is 0.392 e. The zero-order chi connectivity index (χ0) is 14.8. The van der Waals surface area contributed by atoms with E-state index >= 15 is 0 Å². The fourth-order valence-corrected chi connectivity index (χ4v) is 4.19. The zero-order valence-electron chi connectivity index (χ0n) is 11.2. The minimum atomic E-state index is -0.739. The lowest BCUT2D eigenvalue weighted by atomic mass is 9.78. The van der Waals surface area contributed by atoms with Gasteiger partial charge in [-0.25, -0.2) is 0 Å². The summed E-state index contributed by atoms with van der Waals surface area (Å²) in [4.78, 5) is 15.9. The van der Waals surface area contributed by atoms with E-state index in [1.807, 2.05) is 11.4 Å². The normalized spacial score (nSPS) is 17.7. The smallest absolute Gasteiger partial charge is 0.235 e. The van der Waals surface area contributed by atoms with Crippen LogP contribution in [-0.2, 0) is 16.1 Å². The van der Waals surface area contributed by atoms with Crippen molar-refractivity contribution in [2.75, 3.05) is 20.3 Å². The Balaban J connectivity index is 2.12. The summed E-state index contributed by atoms with van der Waals surface area (Å²) < 4.78 is 6.37. The molecule has 2 N–H and O–H groups in total. The van der Waals surface area contributed by atoms with Crippen molar-refractivity contribution in [2.24, 2.45) is 11.1 Å². The maximum Gasteiger partial charge on any atom is 0.235 e. The van der Waals surface area contributed by atoms with Crippen LogP contribution in [0, 0.1) is 5.41 Å². The van der Waals surface area contributed by atoms with Gasteiger partial charge in [-0.05, 0) is 34.8 Å². The van der Waals surface area contributed by atoms with Crippen LogP contribution in [-0.4, -0.2) is 36.1 Å². The highest BCUT2D eigenvalue weighted by atomic mass is 79.9. The number of nitrogens with two attached hydrogens (primary N) is 1. The maximum atomic E-state index is 12.8. The first kappa shape index (κ1) is 15.9. The SMILES string of the molecule is CN(Cc1cc(Br)cs1)C(=O)C1(C(N)=S)CCOCC1.